The van der Waals surface area contributed by atoms with Crippen LogP contribution in [0.25, 0.3) is 0 Å². The second-order valence-electron chi connectivity index (χ2n) is 7.03. The van der Waals surface area contributed by atoms with Crippen LogP contribution in [0.3, 0.4) is 0 Å². The summed E-state index contributed by atoms with van der Waals surface area (Å²) in [4.78, 5) is 20.4. The third-order valence-corrected chi connectivity index (χ3v) is 6.81. The van der Waals surface area contributed by atoms with Gasteiger partial charge in [-0.3, -0.25) is 9.69 Å². The van der Waals surface area contributed by atoms with Crippen LogP contribution < -0.4 is 0 Å². The number of sulfone groups is 1. The predicted molar refractivity (Wildman–Crippen MR) is 89.2 cm³/mol. The van der Waals surface area contributed by atoms with E-state index in [4.69, 9.17) is 4.42 Å². The molecule has 2 atom stereocenters. The molecule has 24 heavy (non-hydrogen) atoms. The summed E-state index contributed by atoms with van der Waals surface area (Å²) in [5.41, 5.74) is 0. The number of hydrogen-bond donors (Lipinski definition) is 0. The van der Waals surface area contributed by atoms with Gasteiger partial charge < -0.3 is 9.32 Å². The molecule has 1 aromatic rings. The van der Waals surface area contributed by atoms with Crippen molar-refractivity contribution in [2.75, 3.05) is 25.6 Å². The van der Waals surface area contributed by atoms with E-state index in [1.54, 1.807) is 18.1 Å². The van der Waals surface area contributed by atoms with E-state index in [-0.39, 0.29) is 29.5 Å². The number of hydrogen-bond acceptors (Lipinski definition) is 6. The fourth-order valence-electron chi connectivity index (χ4n) is 3.05. The van der Waals surface area contributed by atoms with Gasteiger partial charge in [-0.25, -0.2) is 13.4 Å². The number of aromatic nitrogens is 1. The number of amides is 1. The van der Waals surface area contributed by atoms with Crippen LogP contribution >= 0.6 is 0 Å². The third-order valence-electron chi connectivity index (χ3n) is 5.06. The number of carbonyl (C=O) groups is 1. The molecule has 1 amide bonds. The highest BCUT2D eigenvalue weighted by Gasteiger charge is 2.35. The lowest BCUT2D eigenvalue weighted by atomic mass is 10.2. The molecule has 1 aliphatic heterocycles. The summed E-state index contributed by atoms with van der Waals surface area (Å²) in [7, 11) is 0.538. The zero-order chi connectivity index (χ0) is 17.5. The van der Waals surface area contributed by atoms with Crippen LogP contribution in [0.4, 0.5) is 0 Å². The van der Waals surface area contributed by atoms with Crippen molar-refractivity contribution in [2.24, 2.45) is 0 Å². The molecule has 1 aliphatic carbocycles. The summed E-state index contributed by atoms with van der Waals surface area (Å²) in [5.74, 6) is 2.23. The normalized spacial score (nSPS) is 24.2. The summed E-state index contributed by atoms with van der Waals surface area (Å²) >= 11 is 0. The Morgan fingerprint density at radius 3 is 2.67 bits per heavy atom. The molecule has 2 fully saturated rings. The van der Waals surface area contributed by atoms with E-state index in [0.29, 0.717) is 24.8 Å². The highest BCUT2D eigenvalue weighted by Crippen LogP contribution is 2.40. The van der Waals surface area contributed by atoms with Gasteiger partial charge in [0.25, 0.3) is 0 Å². The molecule has 0 N–H and O–H groups in total. The van der Waals surface area contributed by atoms with E-state index in [1.165, 1.54) is 0 Å². The molecule has 0 radical (unpaired) electrons. The van der Waals surface area contributed by atoms with Crippen molar-refractivity contribution in [3.8, 4) is 0 Å². The standard InChI is InChI=1S/C16H25N3O4S/c1-11(16(20)19(3)13-6-7-24(21,22)10-13)18(2)9-15-17-8-14(23-15)12-4-5-12/h8,11-13H,4-7,9-10H2,1-3H3/t11-,13+/m0/s1. The van der Waals surface area contributed by atoms with Crippen molar-refractivity contribution in [1.82, 2.24) is 14.8 Å². The van der Waals surface area contributed by atoms with Gasteiger partial charge in [0.15, 0.2) is 9.84 Å². The number of nitrogens with zero attached hydrogens (tertiary/aromatic N) is 3. The van der Waals surface area contributed by atoms with Gasteiger partial charge in [-0.05, 0) is 33.2 Å². The Hall–Kier alpha value is -1.41. The van der Waals surface area contributed by atoms with E-state index in [9.17, 15) is 13.2 Å². The fourth-order valence-corrected chi connectivity index (χ4v) is 4.82. The minimum Gasteiger partial charge on any atom is -0.444 e. The Labute approximate surface area is 142 Å². The molecule has 1 saturated heterocycles. The molecule has 0 aromatic carbocycles. The Bertz CT molecular complexity index is 711. The average molecular weight is 355 g/mol. The number of carbonyl (C=O) groups excluding carboxylic acids is 1. The molecule has 0 unspecified atom stereocenters. The van der Waals surface area contributed by atoms with Gasteiger partial charge in [0, 0.05) is 19.0 Å². The maximum absolute atomic E-state index is 12.6. The van der Waals surface area contributed by atoms with Crippen molar-refractivity contribution >= 4 is 15.7 Å². The molecule has 0 spiro atoms. The Balaban J connectivity index is 1.57. The van der Waals surface area contributed by atoms with E-state index >= 15 is 0 Å². The molecule has 2 heterocycles. The van der Waals surface area contributed by atoms with Crippen molar-refractivity contribution in [2.45, 2.75) is 50.7 Å². The molecule has 1 aromatic heterocycles. The molecule has 134 valence electrons. The van der Waals surface area contributed by atoms with Crippen LogP contribution in [0.2, 0.25) is 0 Å². The van der Waals surface area contributed by atoms with Gasteiger partial charge in [0.05, 0.1) is 30.3 Å². The number of oxazole rings is 1. The van der Waals surface area contributed by atoms with Gasteiger partial charge in [0.2, 0.25) is 11.8 Å². The summed E-state index contributed by atoms with van der Waals surface area (Å²) in [6.07, 6.45) is 4.62. The molecule has 0 bridgehead atoms. The summed E-state index contributed by atoms with van der Waals surface area (Å²) in [6.45, 7) is 2.28. The van der Waals surface area contributed by atoms with Crippen molar-refractivity contribution in [3.63, 3.8) is 0 Å². The first kappa shape index (κ1) is 17.4. The number of rotatable bonds is 6. The van der Waals surface area contributed by atoms with E-state index in [2.05, 4.69) is 4.98 Å². The molecule has 8 heteroatoms. The maximum Gasteiger partial charge on any atom is 0.239 e. The lowest BCUT2D eigenvalue weighted by Crippen LogP contribution is -2.48. The topological polar surface area (TPSA) is 83.7 Å². The third kappa shape index (κ3) is 3.80. The smallest absolute Gasteiger partial charge is 0.239 e. The monoisotopic (exact) mass is 355 g/mol. The SMILES string of the molecule is C[C@@H](C(=O)N(C)[C@@H]1CCS(=O)(=O)C1)N(C)Cc1ncc(C2CC2)o1. The second-order valence-corrected chi connectivity index (χ2v) is 9.26. The van der Waals surface area contributed by atoms with Crippen LogP contribution in [0, 0.1) is 0 Å². The van der Waals surface area contributed by atoms with E-state index in [1.807, 2.05) is 18.9 Å². The van der Waals surface area contributed by atoms with Gasteiger partial charge in [-0.1, -0.05) is 0 Å². The van der Waals surface area contributed by atoms with Gasteiger partial charge in [0.1, 0.15) is 5.76 Å². The minimum atomic E-state index is -3.00. The van der Waals surface area contributed by atoms with Crippen molar-refractivity contribution in [1.29, 1.82) is 0 Å². The molecule has 7 nitrogen and oxygen atoms in total. The van der Waals surface area contributed by atoms with Crippen LogP contribution in [0.5, 0.6) is 0 Å². The van der Waals surface area contributed by atoms with Crippen LogP contribution in [0.1, 0.15) is 43.8 Å². The molecule has 3 rings (SSSR count). The number of likely N-dealkylation sites (N-methyl/N-ethyl adjacent to an activating group) is 2. The lowest BCUT2D eigenvalue weighted by molar-refractivity contribution is -0.136. The zero-order valence-electron chi connectivity index (χ0n) is 14.4. The van der Waals surface area contributed by atoms with E-state index < -0.39 is 9.84 Å². The quantitative estimate of drug-likeness (QED) is 0.757. The van der Waals surface area contributed by atoms with Gasteiger partial charge in [-0.15, -0.1) is 0 Å². The van der Waals surface area contributed by atoms with Crippen LogP contribution in [0.15, 0.2) is 10.6 Å². The highest BCUT2D eigenvalue weighted by molar-refractivity contribution is 7.91. The zero-order valence-corrected chi connectivity index (χ0v) is 15.3. The molecule has 2 aliphatic rings. The first-order valence-electron chi connectivity index (χ1n) is 8.39. The maximum atomic E-state index is 12.6. The highest BCUT2D eigenvalue weighted by atomic mass is 32.2. The predicted octanol–water partition coefficient (Wildman–Crippen LogP) is 1.02. The first-order valence-corrected chi connectivity index (χ1v) is 10.2. The lowest BCUT2D eigenvalue weighted by Gasteiger charge is -2.30. The van der Waals surface area contributed by atoms with Gasteiger partial charge in [-0.2, -0.15) is 0 Å². The average Bonchev–Trinajstić information content (AvgIpc) is 3.18. The largest absolute Gasteiger partial charge is 0.444 e. The molecule has 1 saturated carbocycles. The Morgan fingerprint density at radius 1 is 1.38 bits per heavy atom. The van der Waals surface area contributed by atoms with Crippen molar-refractivity contribution in [3.05, 3.63) is 17.8 Å². The first-order chi connectivity index (χ1) is 11.3. The second kappa shape index (κ2) is 6.48. The van der Waals surface area contributed by atoms with Crippen molar-refractivity contribution < 1.29 is 17.6 Å². The Kier molecular flexibility index (Phi) is 4.70. The Morgan fingerprint density at radius 2 is 2.08 bits per heavy atom. The summed E-state index contributed by atoms with van der Waals surface area (Å²) in [6, 6.07) is -0.587. The molecular weight excluding hydrogens is 330 g/mol. The van der Waals surface area contributed by atoms with Crippen LogP contribution in [-0.2, 0) is 21.2 Å². The fraction of sp³-hybridized carbons (Fsp3) is 0.750. The van der Waals surface area contributed by atoms with Crippen LogP contribution in [-0.4, -0.2) is 66.8 Å². The van der Waals surface area contributed by atoms with Gasteiger partial charge >= 0.3 is 0 Å². The van der Waals surface area contributed by atoms with E-state index in [0.717, 1.165) is 18.6 Å². The summed E-state index contributed by atoms with van der Waals surface area (Å²) < 4.78 is 29.0. The summed E-state index contributed by atoms with van der Waals surface area (Å²) in [5, 5.41) is 0. The minimum absolute atomic E-state index is 0.0656. The molecular formula is C16H25N3O4S.